The van der Waals surface area contributed by atoms with Crippen molar-refractivity contribution in [3.05, 3.63) is 95.8 Å². The van der Waals surface area contributed by atoms with Gasteiger partial charge in [-0.1, -0.05) is 30.3 Å². The van der Waals surface area contributed by atoms with Crippen molar-refractivity contribution in [2.24, 2.45) is 0 Å². The van der Waals surface area contributed by atoms with Crippen LogP contribution >= 0.6 is 0 Å². The summed E-state index contributed by atoms with van der Waals surface area (Å²) in [5.41, 5.74) is 3.23. The summed E-state index contributed by atoms with van der Waals surface area (Å²) in [7, 11) is 1.53. The number of methoxy groups -OCH3 is 1. The Hall–Kier alpha value is -4.86. The zero-order valence-corrected chi connectivity index (χ0v) is 21.1. The number of hydrogen-bond acceptors (Lipinski definition) is 7. The fourth-order valence-corrected chi connectivity index (χ4v) is 3.69. The standard InChI is InChI=1S/C28H28N4O6/c1-20-26(30-32(29-20)22-8-4-3-5-9-22)15-16-37-25-10-6-7-21(17-25)18-31(19-27(33)34)28(35)38-24-13-11-23(36-2)12-14-24/h3-14,17H,15-16,18-19H2,1-2H3,(H,33,34). The van der Waals surface area contributed by atoms with Crippen LogP contribution in [0.5, 0.6) is 17.2 Å². The SMILES string of the molecule is COc1ccc(OC(=O)N(CC(=O)O)Cc2cccc(OCCc3nn(-c4ccccc4)nc3C)c2)cc1. The number of carboxylic acid groups (broad SMARTS) is 1. The molecule has 0 saturated heterocycles. The molecule has 10 heteroatoms. The van der Waals surface area contributed by atoms with E-state index < -0.39 is 18.6 Å². The van der Waals surface area contributed by atoms with Crippen LogP contribution < -0.4 is 14.2 Å². The number of ether oxygens (including phenoxy) is 3. The predicted octanol–water partition coefficient (Wildman–Crippen LogP) is 4.29. The van der Waals surface area contributed by atoms with Gasteiger partial charge in [0, 0.05) is 13.0 Å². The number of para-hydroxylation sites is 1. The highest BCUT2D eigenvalue weighted by Gasteiger charge is 2.20. The van der Waals surface area contributed by atoms with Gasteiger partial charge in [-0.05, 0) is 61.0 Å². The van der Waals surface area contributed by atoms with Gasteiger partial charge in [0.05, 0.1) is 30.8 Å². The van der Waals surface area contributed by atoms with Crippen LogP contribution in [0.25, 0.3) is 5.69 Å². The first-order valence-electron chi connectivity index (χ1n) is 11.9. The lowest BCUT2D eigenvalue weighted by Gasteiger charge is -2.20. The van der Waals surface area contributed by atoms with Crippen molar-refractivity contribution in [1.82, 2.24) is 19.9 Å². The number of aliphatic carboxylic acids is 1. The molecule has 0 aliphatic heterocycles. The van der Waals surface area contributed by atoms with E-state index in [0.717, 1.165) is 22.0 Å². The number of aromatic nitrogens is 3. The molecule has 10 nitrogen and oxygen atoms in total. The Kier molecular flexibility index (Phi) is 8.55. The molecule has 38 heavy (non-hydrogen) atoms. The highest BCUT2D eigenvalue weighted by atomic mass is 16.6. The largest absolute Gasteiger partial charge is 0.497 e. The van der Waals surface area contributed by atoms with Gasteiger partial charge in [0.1, 0.15) is 23.8 Å². The maximum Gasteiger partial charge on any atom is 0.416 e. The average molecular weight is 517 g/mol. The molecular formula is C28H28N4O6. The van der Waals surface area contributed by atoms with Crippen molar-refractivity contribution in [2.75, 3.05) is 20.3 Å². The van der Waals surface area contributed by atoms with E-state index in [1.165, 1.54) is 7.11 Å². The van der Waals surface area contributed by atoms with Crippen molar-refractivity contribution in [2.45, 2.75) is 19.9 Å². The number of rotatable bonds is 11. The molecule has 1 aromatic heterocycles. The molecule has 1 N–H and O–H groups in total. The van der Waals surface area contributed by atoms with Gasteiger partial charge in [0.15, 0.2) is 0 Å². The molecule has 0 spiro atoms. The van der Waals surface area contributed by atoms with E-state index in [1.807, 2.05) is 37.3 Å². The smallest absolute Gasteiger partial charge is 0.416 e. The average Bonchev–Trinajstić information content (AvgIpc) is 3.29. The molecule has 0 atom stereocenters. The Morgan fingerprint density at radius 2 is 1.66 bits per heavy atom. The Bertz CT molecular complexity index is 1370. The van der Waals surface area contributed by atoms with Crippen LogP contribution in [0.15, 0.2) is 78.9 Å². The summed E-state index contributed by atoms with van der Waals surface area (Å²) in [6.07, 6.45) is -0.219. The minimum Gasteiger partial charge on any atom is -0.497 e. The molecule has 196 valence electrons. The van der Waals surface area contributed by atoms with E-state index in [2.05, 4.69) is 10.2 Å². The molecular weight excluding hydrogens is 488 g/mol. The topological polar surface area (TPSA) is 116 Å². The number of aryl methyl sites for hydroxylation is 1. The highest BCUT2D eigenvalue weighted by molar-refractivity contribution is 5.78. The van der Waals surface area contributed by atoms with Gasteiger partial charge >= 0.3 is 12.1 Å². The predicted molar refractivity (Wildman–Crippen MR) is 139 cm³/mol. The molecule has 0 aliphatic carbocycles. The van der Waals surface area contributed by atoms with Crippen molar-refractivity contribution >= 4 is 12.1 Å². The number of amides is 1. The van der Waals surface area contributed by atoms with E-state index >= 15 is 0 Å². The number of carbonyl (C=O) groups is 2. The zero-order valence-electron chi connectivity index (χ0n) is 21.1. The van der Waals surface area contributed by atoms with Gasteiger partial charge in [-0.15, -0.1) is 0 Å². The summed E-state index contributed by atoms with van der Waals surface area (Å²) < 4.78 is 16.4. The third-order valence-electron chi connectivity index (χ3n) is 5.59. The highest BCUT2D eigenvalue weighted by Crippen LogP contribution is 2.20. The van der Waals surface area contributed by atoms with Crippen molar-refractivity contribution in [3.8, 4) is 22.9 Å². The lowest BCUT2D eigenvalue weighted by atomic mass is 10.2. The second-order valence-corrected chi connectivity index (χ2v) is 8.40. The summed E-state index contributed by atoms with van der Waals surface area (Å²) in [5.74, 6) is 0.333. The van der Waals surface area contributed by atoms with Crippen LogP contribution in [0.4, 0.5) is 4.79 Å². The molecule has 4 aromatic rings. The third-order valence-corrected chi connectivity index (χ3v) is 5.59. The van der Waals surface area contributed by atoms with Gasteiger partial charge in [-0.25, -0.2) is 4.79 Å². The maximum absolute atomic E-state index is 12.7. The molecule has 3 aromatic carbocycles. The molecule has 0 fully saturated rings. The third kappa shape index (κ3) is 7.10. The fraction of sp³-hybridized carbons (Fsp3) is 0.214. The van der Waals surface area contributed by atoms with Crippen molar-refractivity contribution in [1.29, 1.82) is 0 Å². The van der Waals surface area contributed by atoms with E-state index in [-0.39, 0.29) is 12.3 Å². The van der Waals surface area contributed by atoms with Gasteiger partial charge in [0.25, 0.3) is 0 Å². The first-order valence-corrected chi connectivity index (χ1v) is 11.9. The van der Waals surface area contributed by atoms with Gasteiger partial charge in [-0.3, -0.25) is 9.69 Å². The van der Waals surface area contributed by atoms with Crippen LogP contribution in [-0.4, -0.2) is 57.3 Å². The Morgan fingerprint density at radius 3 is 2.37 bits per heavy atom. The lowest BCUT2D eigenvalue weighted by molar-refractivity contribution is -0.138. The normalized spacial score (nSPS) is 10.6. The number of nitrogens with zero attached hydrogens (tertiary/aromatic N) is 4. The fourth-order valence-electron chi connectivity index (χ4n) is 3.69. The second-order valence-electron chi connectivity index (χ2n) is 8.40. The zero-order chi connectivity index (χ0) is 26.9. The lowest BCUT2D eigenvalue weighted by Crippen LogP contribution is -2.37. The quantitative estimate of drug-likeness (QED) is 0.314. The van der Waals surface area contributed by atoms with E-state index in [0.29, 0.717) is 30.1 Å². The van der Waals surface area contributed by atoms with E-state index in [4.69, 9.17) is 14.2 Å². The minimum atomic E-state index is -1.15. The Labute approximate surface area is 220 Å². The summed E-state index contributed by atoms with van der Waals surface area (Å²) in [4.78, 5) is 26.8. The van der Waals surface area contributed by atoms with Crippen LogP contribution in [0.1, 0.15) is 17.0 Å². The Balaban J connectivity index is 1.36. The summed E-state index contributed by atoms with van der Waals surface area (Å²) in [6, 6.07) is 23.3. The molecule has 0 unspecified atom stereocenters. The minimum absolute atomic E-state index is 0.0308. The summed E-state index contributed by atoms with van der Waals surface area (Å²) in [5, 5.41) is 18.4. The molecule has 1 heterocycles. The van der Waals surface area contributed by atoms with Crippen molar-refractivity contribution in [3.63, 3.8) is 0 Å². The van der Waals surface area contributed by atoms with Crippen LogP contribution in [0, 0.1) is 6.92 Å². The molecule has 4 rings (SSSR count). The van der Waals surface area contributed by atoms with Gasteiger partial charge in [-0.2, -0.15) is 15.0 Å². The summed E-state index contributed by atoms with van der Waals surface area (Å²) in [6.45, 7) is 1.79. The maximum atomic E-state index is 12.7. The van der Waals surface area contributed by atoms with Gasteiger partial charge < -0.3 is 19.3 Å². The first kappa shape index (κ1) is 26.2. The van der Waals surface area contributed by atoms with Gasteiger partial charge in [0.2, 0.25) is 0 Å². The molecule has 0 bridgehead atoms. The van der Waals surface area contributed by atoms with Crippen LogP contribution in [-0.2, 0) is 17.8 Å². The first-order chi connectivity index (χ1) is 18.4. The molecule has 0 radical (unpaired) electrons. The van der Waals surface area contributed by atoms with Crippen LogP contribution in [0.2, 0.25) is 0 Å². The second kappa shape index (κ2) is 12.4. The summed E-state index contributed by atoms with van der Waals surface area (Å²) >= 11 is 0. The van der Waals surface area contributed by atoms with E-state index in [1.54, 1.807) is 53.3 Å². The molecule has 1 amide bonds. The number of carbonyl (C=O) groups excluding carboxylic acids is 1. The van der Waals surface area contributed by atoms with E-state index in [9.17, 15) is 14.7 Å². The number of benzene rings is 3. The Morgan fingerprint density at radius 1 is 0.921 bits per heavy atom. The number of carboxylic acids is 1. The molecule has 0 aliphatic rings. The molecule has 0 saturated carbocycles. The number of hydrogen-bond donors (Lipinski definition) is 1. The van der Waals surface area contributed by atoms with Crippen molar-refractivity contribution < 1.29 is 28.9 Å². The monoisotopic (exact) mass is 516 g/mol. The van der Waals surface area contributed by atoms with Crippen LogP contribution in [0.3, 0.4) is 0 Å².